The molecule has 0 aliphatic heterocycles. The van der Waals surface area contributed by atoms with Gasteiger partial charge in [0.05, 0.1) is 11.2 Å². The number of aryl methyl sites for hydroxylation is 1. The lowest BCUT2D eigenvalue weighted by molar-refractivity contribution is 1.03. The Kier molecular flexibility index (Phi) is 3.12. The highest BCUT2D eigenvalue weighted by molar-refractivity contribution is 5.95. The van der Waals surface area contributed by atoms with Crippen LogP contribution in [-0.2, 0) is 0 Å². The molecule has 0 N–H and O–H groups in total. The van der Waals surface area contributed by atoms with E-state index in [0.29, 0.717) is 5.92 Å². The second-order valence-corrected chi connectivity index (χ2v) is 5.72. The Bertz CT molecular complexity index is 891. The van der Waals surface area contributed by atoms with Crippen LogP contribution in [0.15, 0.2) is 78.9 Å². The average Bonchev–Trinajstić information content (AvgIpc) is 3.09. The highest BCUT2D eigenvalue weighted by atomic mass is 14.7. The van der Waals surface area contributed by atoms with Crippen molar-refractivity contribution < 1.29 is 0 Å². The Labute approximate surface area is 130 Å². The van der Waals surface area contributed by atoms with Gasteiger partial charge in [0.2, 0.25) is 0 Å². The summed E-state index contributed by atoms with van der Waals surface area (Å²) in [6, 6.07) is 19.3. The van der Waals surface area contributed by atoms with E-state index in [1.807, 2.05) is 0 Å². The minimum Gasteiger partial charge on any atom is -0.252 e. The van der Waals surface area contributed by atoms with Crippen LogP contribution in [0.25, 0.3) is 22.0 Å². The number of nitrogens with zero attached hydrogens (tertiary/aromatic N) is 1. The van der Waals surface area contributed by atoms with E-state index in [1.165, 1.54) is 22.1 Å². The lowest BCUT2D eigenvalue weighted by Crippen LogP contribution is -1.95. The Morgan fingerprint density at radius 3 is 2.36 bits per heavy atom. The third-order valence-corrected chi connectivity index (χ3v) is 4.28. The van der Waals surface area contributed by atoms with Gasteiger partial charge >= 0.3 is 0 Å². The van der Waals surface area contributed by atoms with Crippen molar-refractivity contribution in [3.8, 4) is 11.1 Å². The zero-order valence-corrected chi connectivity index (χ0v) is 12.5. The van der Waals surface area contributed by atoms with E-state index in [1.54, 1.807) is 0 Å². The molecule has 3 aromatic rings. The molecule has 1 nitrogen and oxygen atoms in total. The molecule has 0 spiro atoms. The molecular weight excluding hydrogens is 266 g/mol. The van der Waals surface area contributed by atoms with E-state index < -0.39 is 0 Å². The quantitative estimate of drug-likeness (QED) is 0.612. The Hall–Kier alpha value is -2.67. The Morgan fingerprint density at radius 1 is 0.773 bits per heavy atom. The maximum atomic E-state index is 4.87. The van der Waals surface area contributed by atoms with Crippen LogP contribution in [0.1, 0.15) is 17.2 Å². The fourth-order valence-corrected chi connectivity index (χ4v) is 3.10. The average molecular weight is 283 g/mol. The molecule has 0 amide bonds. The van der Waals surface area contributed by atoms with Crippen molar-refractivity contribution in [1.82, 2.24) is 4.98 Å². The molecule has 0 unspecified atom stereocenters. The predicted octanol–water partition coefficient (Wildman–Crippen LogP) is 5.42. The fourth-order valence-electron chi connectivity index (χ4n) is 3.10. The van der Waals surface area contributed by atoms with Crippen LogP contribution >= 0.6 is 0 Å². The van der Waals surface area contributed by atoms with Gasteiger partial charge in [-0.3, -0.25) is 4.98 Å². The maximum Gasteiger partial charge on any atom is 0.0711 e. The number of benzene rings is 2. The van der Waals surface area contributed by atoms with Crippen molar-refractivity contribution in [2.24, 2.45) is 0 Å². The van der Waals surface area contributed by atoms with Crippen molar-refractivity contribution in [1.29, 1.82) is 0 Å². The van der Waals surface area contributed by atoms with Gasteiger partial charge in [0, 0.05) is 11.3 Å². The van der Waals surface area contributed by atoms with Crippen LogP contribution in [-0.4, -0.2) is 4.98 Å². The number of rotatable bonds is 2. The van der Waals surface area contributed by atoms with E-state index in [0.717, 1.165) is 11.2 Å². The molecule has 1 heterocycles. The van der Waals surface area contributed by atoms with E-state index >= 15 is 0 Å². The summed E-state index contributed by atoms with van der Waals surface area (Å²) in [5.74, 6) is 0.312. The predicted molar refractivity (Wildman–Crippen MR) is 92.9 cm³/mol. The standard InChI is InChI=1S/C21H17N/c1-15-7-2-5-10-17(15)18-11-6-12-21-19(18)13-14-20(22-21)16-8-3-4-9-16/h2-14,16H,1H3. The van der Waals surface area contributed by atoms with E-state index in [9.17, 15) is 0 Å². The van der Waals surface area contributed by atoms with Gasteiger partial charge in [0.1, 0.15) is 0 Å². The van der Waals surface area contributed by atoms with Crippen molar-refractivity contribution in [3.63, 3.8) is 0 Å². The minimum atomic E-state index is 0.312. The Morgan fingerprint density at radius 2 is 1.55 bits per heavy atom. The normalized spacial score (nSPS) is 14.0. The van der Waals surface area contributed by atoms with Crippen molar-refractivity contribution >= 4 is 10.9 Å². The van der Waals surface area contributed by atoms with Crippen molar-refractivity contribution in [2.75, 3.05) is 0 Å². The van der Waals surface area contributed by atoms with Crippen LogP contribution in [0.3, 0.4) is 0 Å². The van der Waals surface area contributed by atoms with Crippen LogP contribution in [0.2, 0.25) is 0 Å². The zero-order chi connectivity index (χ0) is 14.9. The van der Waals surface area contributed by atoms with Gasteiger partial charge in [-0.1, -0.05) is 66.8 Å². The molecule has 0 saturated carbocycles. The summed E-state index contributed by atoms with van der Waals surface area (Å²) in [6.45, 7) is 2.16. The number of hydrogen-bond acceptors (Lipinski definition) is 1. The summed E-state index contributed by atoms with van der Waals surface area (Å²) in [6.07, 6.45) is 8.53. The van der Waals surface area contributed by atoms with Crippen LogP contribution < -0.4 is 0 Å². The molecule has 106 valence electrons. The Balaban J connectivity index is 1.89. The fraction of sp³-hybridized carbons (Fsp3) is 0.0952. The second-order valence-electron chi connectivity index (χ2n) is 5.72. The van der Waals surface area contributed by atoms with Gasteiger partial charge < -0.3 is 0 Å². The topological polar surface area (TPSA) is 12.9 Å². The molecule has 1 aromatic heterocycles. The highest BCUT2D eigenvalue weighted by Gasteiger charge is 2.11. The van der Waals surface area contributed by atoms with Crippen molar-refractivity contribution in [2.45, 2.75) is 12.8 Å². The third kappa shape index (κ3) is 2.15. The van der Waals surface area contributed by atoms with E-state index in [2.05, 4.69) is 85.8 Å². The van der Waals surface area contributed by atoms with Gasteiger partial charge in [-0.15, -0.1) is 0 Å². The molecule has 4 rings (SSSR count). The third-order valence-electron chi connectivity index (χ3n) is 4.28. The molecule has 0 saturated heterocycles. The number of allylic oxidation sites excluding steroid dienone is 4. The molecule has 0 atom stereocenters. The second kappa shape index (κ2) is 5.27. The number of aromatic nitrogens is 1. The van der Waals surface area contributed by atoms with E-state index in [4.69, 9.17) is 4.98 Å². The molecule has 1 aliphatic carbocycles. The monoisotopic (exact) mass is 283 g/mol. The highest BCUT2D eigenvalue weighted by Crippen LogP contribution is 2.31. The van der Waals surface area contributed by atoms with Crippen LogP contribution in [0, 0.1) is 6.92 Å². The van der Waals surface area contributed by atoms with Gasteiger partial charge in [-0.25, -0.2) is 0 Å². The number of fused-ring (bicyclic) bond motifs is 1. The number of hydrogen-bond donors (Lipinski definition) is 0. The first kappa shape index (κ1) is 13.0. The molecule has 0 fully saturated rings. The zero-order valence-electron chi connectivity index (χ0n) is 12.5. The lowest BCUT2D eigenvalue weighted by Gasteiger charge is -2.11. The van der Waals surface area contributed by atoms with Crippen LogP contribution in [0.4, 0.5) is 0 Å². The summed E-state index contributed by atoms with van der Waals surface area (Å²) >= 11 is 0. The summed E-state index contributed by atoms with van der Waals surface area (Å²) in [4.78, 5) is 4.87. The SMILES string of the molecule is Cc1ccccc1-c1cccc2nc(C3C=CC=C3)ccc12. The molecular formula is C21H17N. The van der Waals surface area contributed by atoms with Gasteiger partial charge in [0.25, 0.3) is 0 Å². The molecule has 1 aliphatic rings. The molecule has 2 aromatic carbocycles. The summed E-state index contributed by atoms with van der Waals surface area (Å²) in [7, 11) is 0. The smallest absolute Gasteiger partial charge is 0.0711 e. The molecule has 0 bridgehead atoms. The molecule has 22 heavy (non-hydrogen) atoms. The minimum absolute atomic E-state index is 0.312. The van der Waals surface area contributed by atoms with Gasteiger partial charge in [0.15, 0.2) is 0 Å². The first-order valence-corrected chi connectivity index (χ1v) is 7.63. The van der Waals surface area contributed by atoms with Gasteiger partial charge in [-0.2, -0.15) is 0 Å². The summed E-state index contributed by atoms with van der Waals surface area (Å²) in [5.41, 5.74) is 6.00. The lowest BCUT2D eigenvalue weighted by atomic mass is 9.96. The van der Waals surface area contributed by atoms with E-state index in [-0.39, 0.29) is 0 Å². The summed E-state index contributed by atoms with van der Waals surface area (Å²) in [5, 5.41) is 1.21. The van der Waals surface area contributed by atoms with Gasteiger partial charge in [-0.05, 0) is 35.7 Å². The maximum absolute atomic E-state index is 4.87. The largest absolute Gasteiger partial charge is 0.252 e. The van der Waals surface area contributed by atoms with Crippen molar-refractivity contribution in [3.05, 3.63) is 90.2 Å². The first-order chi connectivity index (χ1) is 10.8. The molecule has 0 radical (unpaired) electrons. The first-order valence-electron chi connectivity index (χ1n) is 7.63. The molecule has 1 heteroatoms. The summed E-state index contributed by atoms with van der Waals surface area (Å²) < 4.78 is 0. The van der Waals surface area contributed by atoms with Crippen LogP contribution in [0.5, 0.6) is 0 Å². The number of pyridine rings is 1.